The first-order chi connectivity index (χ1) is 8.72. The number of hydrogen-bond acceptors (Lipinski definition) is 2. The van der Waals surface area contributed by atoms with Crippen molar-refractivity contribution in [2.75, 3.05) is 5.75 Å². The number of benzene rings is 1. The van der Waals surface area contributed by atoms with Crippen LogP contribution >= 0.6 is 11.8 Å². The van der Waals surface area contributed by atoms with Crippen LogP contribution in [0.2, 0.25) is 0 Å². The van der Waals surface area contributed by atoms with Crippen LogP contribution in [0.4, 0.5) is 0 Å². The van der Waals surface area contributed by atoms with E-state index in [1.807, 2.05) is 36.4 Å². The van der Waals surface area contributed by atoms with Crippen molar-refractivity contribution in [3.05, 3.63) is 79.1 Å². The lowest BCUT2D eigenvalue weighted by Crippen LogP contribution is -1.84. The fourth-order valence-corrected chi connectivity index (χ4v) is 2.21. The summed E-state index contributed by atoms with van der Waals surface area (Å²) >= 11 is 1.78. The molecule has 0 radical (unpaired) electrons. The minimum absolute atomic E-state index is 0.180. The van der Waals surface area contributed by atoms with Crippen molar-refractivity contribution < 1.29 is 5.11 Å². The van der Waals surface area contributed by atoms with Crippen LogP contribution in [0.15, 0.2) is 84.0 Å². The molecule has 0 aliphatic heterocycles. The highest BCUT2D eigenvalue weighted by Crippen LogP contribution is 2.20. The van der Waals surface area contributed by atoms with Gasteiger partial charge >= 0.3 is 0 Å². The van der Waals surface area contributed by atoms with Crippen LogP contribution in [-0.4, -0.2) is 10.9 Å². The van der Waals surface area contributed by atoms with Crippen LogP contribution in [0.5, 0.6) is 0 Å². The van der Waals surface area contributed by atoms with Gasteiger partial charge in [-0.15, -0.1) is 11.8 Å². The van der Waals surface area contributed by atoms with Gasteiger partial charge in [-0.2, -0.15) is 0 Å². The first kappa shape index (κ1) is 14.4. The van der Waals surface area contributed by atoms with Crippen molar-refractivity contribution in [2.24, 2.45) is 0 Å². The number of hydrogen-bond donors (Lipinski definition) is 1. The van der Waals surface area contributed by atoms with E-state index in [-0.39, 0.29) is 5.76 Å². The zero-order chi connectivity index (χ0) is 13.2. The number of rotatable bonds is 7. The van der Waals surface area contributed by atoms with Gasteiger partial charge in [0.05, 0.1) is 5.76 Å². The van der Waals surface area contributed by atoms with Crippen LogP contribution in [0, 0.1) is 0 Å². The van der Waals surface area contributed by atoms with Gasteiger partial charge in [0.15, 0.2) is 0 Å². The Labute approximate surface area is 113 Å². The zero-order valence-corrected chi connectivity index (χ0v) is 11.2. The lowest BCUT2D eigenvalue weighted by Gasteiger charge is -2.02. The monoisotopic (exact) mass is 258 g/mol. The smallest absolute Gasteiger partial charge is 0.0888 e. The Kier molecular flexibility index (Phi) is 6.74. The molecule has 1 nitrogen and oxygen atoms in total. The molecule has 94 valence electrons. The summed E-state index contributed by atoms with van der Waals surface area (Å²) in [5.74, 6) is 1.06. The average Bonchev–Trinajstić information content (AvgIpc) is 2.37. The minimum atomic E-state index is 0.180. The van der Waals surface area contributed by atoms with Crippen molar-refractivity contribution in [3.8, 4) is 0 Å². The molecule has 0 heterocycles. The quantitative estimate of drug-likeness (QED) is 0.426. The van der Waals surface area contributed by atoms with Crippen LogP contribution in [0.25, 0.3) is 0 Å². The highest BCUT2D eigenvalue weighted by molar-refractivity contribution is 7.99. The fraction of sp³-hybridized carbons (Fsp3) is 0.125. The second-order valence-electron chi connectivity index (χ2n) is 3.75. The topological polar surface area (TPSA) is 20.2 Å². The van der Waals surface area contributed by atoms with Crippen LogP contribution in [0.3, 0.4) is 0 Å². The zero-order valence-electron chi connectivity index (χ0n) is 10.4. The summed E-state index contributed by atoms with van der Waals surface area (Å²) in [6, 6.07) is 10.3. The first-order valence-corrected chi connectivity index (χ1v) is 6.73. The molecule has 0 spiro atoms. The summed E-state index contributed by atoms with van der Waals surface area (Å²) in [6.07, 6.45) is 8.15. The van der Waals surface area contributed by atoms with E-state index < -0.39 is 0 Å². The second-order valence-corrected chi connectivity index (χ2v) is 4.80. The molecule has 0 aromatic heterocycles. The van der Waals surface area contributed by atoms with E-state index in [0.717, 1.165) is 5.75 Å². The molecule has 0 fully saturated rings. The second kappa shape index (κ2) is 8.43. The summed E-state index contributed by atoms with van der Waals surface area (Å²) in [5, 5.41) is 9.01. The van der Waals surface area contributed by atoms with Gasteiger partial charge in [0.25, 0.3) is 0 Å². The lowest BCUT2D eigenvalue weighted by molar-refractivity contribution is 0.404. The Morgan fingerprint density at radius 1 is 1.28 bits per heavy atom. The van der Waals surface area contributed by atoms with Crippen LogP contribution < -0.4 is 0 Å². The highest BCUT2D eigenvalue weighted by atomic mass is 32.2. The lowest BCUT2D eigenvalue weighted by atomic mass is 10.2. The van der Waals surface area contributed by atoms with E-state index >= 15 is 0 Å². The van der Waals surface area contributed by atoms with Crippen LogP contribution in [0.1, 0.15) is 6.42 Å². The van der Waals surface area contributed by atoms with Gasteiger partial charge in [-0.25, -0.2) is 0 Å². The van der Waals surface area contributed by atoms with Gasteiger partial charge in [0, 0.05) is 17.1 Å². The van der Waals surface area contributed by atoms with E-state index in [9.17, 15) is 0 Å². The SMILES string of the molecule is C=C/C=C(\C=C/CC(=C)O)CSc1ccccc1. The maximum Gasteiger partial charge on any atom is 0.0888 e. The Balaban J connectivity index is 2.54. The van der Waals surface area contributed by atoms with Gasteiger partial charge in [-0.1, -0.05) is 55.7 Å². The fourth-order valence-electron chi connectivity index (χ4n) is 1.33. The first-order valence-electron chi connectivity index (χ1n) is 5.75. The Hall–Kier alpha value is -1.67. The summed E-state index contributed by atoms with van der Waals surface area (Å²) in [4.78, 5) is 1.24. The molecule has 0 saturated heterocycles. The Bertz CT molecular complexity index is 443. The number of allylic oxidation sites excluding steroid dienone is 4. The van der Waals surface area contributed by atoms with Crippen molar-refractivity contribution in [3.63, 3.8) is 0 Å². The molecule has 0 atom stereocenters. The molecule has 1 rings (SSSR count). The summed E-state index contributed by atoms with van der Waals surface area (Å²) in [6.45, 7) is 7.16. The van der Waals surface area contributed by atoms with Crippen molar-refractivity contribution in [1.29, 1.82) is 0 Å². The van der Waals surface area contributed by atoms with Gasteiger partial charge in [0.1, 0.15) is 0 Å². The summed E-state index contributed by atoms with van der Waals surface area (Å²) < 4.78 is 0. The van der Waals surface area contributed by atoms with E-state index in [1.54, 1.807) is 17.8 Å². The normalized spacial score (nSPS) is 11.7. The molecular formula is C16H18OS. The third-order valence-electron chi connectivity index (χ3n) is 2.17. The van der Waals surface area contributed by atoms with Gasteiger partial charge in [0.2, 0.25) is 0 Å². The molecule has 1 aromatic carbocycles. The molecule has 1 N–H and O–H groups in total. The number of thioether (sulfide) groups is 1. The predicted octanol–water partition coefficient (Wildman–Crippen LogP) is 4.91. The van der Waals surface area contributed by atoms with E-state index in [0.29, 0.717) is 6.42 Å². The minimum Gasteiger partial charge on any atom is -0.513 e. The molecular weight excluding hydrogens is 240 g/mol. The van der Waals surface area contributed by atoms with Crippen molar-refractivity contribution in [2.45, 2.75) is 11.3 Å². The molecule has 1 aromatic rings. The van der Waals surface area contributed by atoms with Crippen molar-refractivity contribution >= 4 is 11.8 Å². The maximum atomic E-state index is 9.01. The van der Waals surface area contributed by atoms with Crippen molar-refractivity contribution in [1.82, 2.24) is 0 Å². The largest absolute Gasteiger partial charge is 0.513 e. The number of aliphatic hydroxyl groups is 1. The molecule has 0 saturated carbocycles. The predicted molar refractivity (Wildman–Crippen MR) is 81.0 cm³/mol. The molecule has 0 amide bonds. The standard InChI is InChI=1S/C16H18OS/c1-3-8-15(10-7-9-14(2)17)13-18-16-11-5-4-6-12-16/h3-8,10-12,17H,1-2,9,13H2/b10-7-,15-8+. The van der Waals surface area contributed by atoms with Crippen LogP contribution in [-0.2, 0) is 0 Å². The average molecular weight is 258 g/mol. The third kappa shape index (κ3) is 6.16. The van der Waals surface area contributed by atoms with Gasteiger partial charge in [-0.05, 0) is 17.7 Å². The molecule has 0 aliphatic rings. The Morgan fingerprint density at radius 3 is 2.61 bits per heavy atom. The van der Waals surface area contributed by atoms with Gasteiger partial charge in [-0.3, -0.25) is 0 Å². The van der Waals surface area contributed by atoms with E-state index in [1.165, 1.54) is 10.5 Å². The molecule has 2 heteroatoms. The molecule has 0 aliphatic carbocycles. The number of aliphatic hydroxyl groups excluding tert-OH is 1. The van der Waals surface area contributed by atoms with Gasteiger partial charge < -0.3 is 5.11 Å². The molecule has 0 unspecified atom stereocenters. The van der Waals surface area contributed by atoms with E-state index in [2.05, 4.69) is 25.3 Å². The molecule has 0 bridgehead atoms. The maximum absolute atomic E-state index is 9.01. The Morgan fingerprint density at radius 2 is 2.00 bits per heavy atom. The highest BCUT2D eigenvalue weighted by Gasteiger charge is 1.95. The summed E-state index contributed by atoms with van der Waals surface area (Å²) in [7, 11) is 0. The molecule has 18 heavy (non-hydrogen) atoms. The summed E-state index contributed by atoms with van der Waals surface area (Å²) in [5.41, 5.74) is 1.17. The van der Waals surface area contributed by atoms with E-state index in [4.69, 9.17) is 5.11 Å². The third-order valence-corrected chi connectivity index (χ3v) is 3.25.